The summed E-state index contributed by atoms with van der Waals surface area (Å²) in [7, 11) is 0. The fourth-order valence-electron chi connectivity index (χ4n) is 4.69. The van der Waals surface area contributed by atoms with E-state index in [2.05, 4.69) is 5.16 Å². The van der Waals surface area contributed by atoms with Crippen LogP contribution in [0.3, 0.4) is 0 Å². The first kappa shape index (κ1) is 23.3. The van der Waals surface area contributed by atoms with Crippen molar-refractivity contribution in [3.63, 3.8) is 0 Å². The second kappa shape index (κ2) is 8.17. The summed E-state index contributed by atoms with van der Waals surface area (Å²) in [6.07, 6.45) is -5.16. The first-order valence-electron chi connectivity index (χ1n) is 10.8. The molecule has 5 nitrogen and oxygen atoms in total. The van der Waals surface area contributed by atoms with E-state index in [1.165, 1.54) is 6.07 Å². The molecule has 0 amide bonds. The summed E-state index contributed by atoms with van der Waals surface area (Å²) in [4.78, 5) is 11.8. The van der Waals surface area contributed by atoms with Crippen molar-refractivity contribution in [1.82, 2.24) is 5.16 Å². The first-order valence-corrected chi connectivity index (χ1v) is 10.8. The van der Waals surface area contributed by atoms with Crippen LogP contribution in [-0.4, -0.2) is 28.6 Å². The summed E-state index contributed by atoms with van der Waals surface area (Å²) >= 11 is 0. The van der Waals surface area contributed by atoms with E-state index < -0.39 is 35.7 Å². The molecule has 8 heteroatoms. The summed E-state index contributed by atoms with van der Waals surface area (Å²) in [6.45, 7) is 5.56. The predicted molar refractivity (Wildman–Crippen MR) is 118 cm³/mol. The van der Waals surface area contributed by atoms with Crippen molar-refractivity contribution < 1.29 is 27.5 Å². The Kier molecular flexibility index (Phi) is 5.76. The molecular formula is C25H26F3NO4. The lowest BCUT2D eigenvalue weighted by Gasteiger charge is -2.38. The number of para-hydroxylation sites is 1. The molecule has 0 fully saturated rings. The standard InChI is InChI=1S/C25H26F3NO4/c1-15-19-13-16(7-8-18(19)22(30)33-29-15)9-11-24(31,25(26,27)28)14-23(2,3)20-6-4-5-17-10-12-32-21(17)20/h4-8,13,31H,9-12,14H2,1-3H3. The number of fused-ring (bicyclic) bond motifs is 2. The summed E-state index contributed by atoms with van der Waals surface area (Å²) in [6, 6.07) is 10.2. The Balaban J connectivity index is 1.62. The summed E-state index contributed by atoms with van der Waals surface area (Å²) < 4.78 is 52.9. The number of halogens is 3. The molecule has 0 aliphatic carbocycles. The number of aryl methyl sites for hydroxylation is 2. The number of rotatable bonds is 6. The Morgan fingerprint density at radius 1 is 1.12 bits per heavy atom. The van der Waals surface area contributed by atoms with E-state index in [1.54, 1.807) is 39.0 Å². The van der Waals surface area contributed by atoms with E-state index in [1.807, 2.05) is 12.1 Å². The second-order valence-corrected chi connectivity index (χ2v) is 9.42. The molecule has 3 aromatic rings. The Morgan fingerprint density at radius 3 is 2.61 bits per heavy atom. The van der Waals surface area contributed by atoms with Gasteiger partial charge < -0.3 is 14.4 Å². The van der Waals surface area contributed by atoms with Crippen LogP contribution in [0.5, 0.6) is 5.75 Å². The SMILES string of the molecule is Cc1noc(=O)c2ccc(CCC(O)(CC(C)(C)c3cccc4c3OCC4)C(F)(F)F)cc12. The molecule has 1 aliphatic rings. The third-order valence-corrected chi connectivity index (χ3v) is 6.49. The number of hydrogen-bond acceptors (Lipinski definition) is 5. The molecule has 0 bridgehead atoms. The molecule has 1 N–H and O–H groups in total. The third kappa shape index (κ3) is 4.36. The first-order chi connectivity index (χ1) is 15.4. The molecule has 1 aliphatic heterocycles. The highest BCUT2D eigenvalue weighted by molar-refractivity contribution is 5.83. The van der Waals surface area contributed by atoms with Gasteiger partial charge in [0.05, 0.1) is 17.7 Å². The maximum absolute atomic E-state index is 14.2. The number of nitrogens with zero attached hydrogens (tertiary/aromatic N) is 1. The Morgan fingerprint density at radius 2 is 1.88 bits per heavy atom. The third-order valence-electron chi connectivity index (χ3n) is 6.49. The molecule has 0 spiro atoms. The average molecular weight is 461 g/mol. The minimum absolute atomic E-state index is 0.0227. The van der Waals surface area contributed by atoms with E-state index in [0.29, 0.717) is 39.9 Å². The molecular weight excluding hydrogens is 435 g/mol. The molecule has 4 rings (SSSR count). The van der Waals surface area contributed by atoms with E-state index in [4.69, 9.17) is 9.26 Å². The van der Waals surface area contributed by atoms with Crippen molar-refractivity contribution in [3.05, 3.63) is 69.2 Å². The normalized spacial score (nSPS) is 15.8. The van der Waals surface area contributed by atoms with Gasteiger partial charge in [0, 0.05) is 17.4 Å². The maximum Gasteiger partial charge on any atom is 0.417 e. The molecule has 1 atom stereocenters. The molecule has 2 heterocycles. The van der Waals surface area contributed by atoms with Crippen molar-refractivity contribution in [2.24, 2.45) is 0 Å². The Hall–Kier alpha value is -2.87. The van der Waals surface area contributed by atoms with Crippen LogP contribution in [0.15, 0.2) is 45.7 Å². The number of aromatic nitrogens is 1. The van der Waals surface area contributed by atoms with Crippen molar-refractivity contribution in [2.45, 2.75) is 63.6 Å². The van der Waals surface area contributed by atoms with Crippen molar-refractivity contribution in [2.75, 3.05) is 6.61 Å². The van der Waals surface area contributed by atoms with Gasteiger partial charge in [-0.25, -0.2) is 4.79 Å². The smallest absolute Gasteiger partial charge is 0.417 e. The van der Waals surface area contributed by atoms with E-state index in [0.717, 1.165) is 12.0 Å². The van der Waals surface area contributed by atoms with E-state index in [9.17, 15) is 23.1 Å². The van der Waals surface area contributed by atoms with Gasteiger partial charge in [-0.1, -0.05) is 43.3 Å². The van der Waals surface area contributed by atoms with Crippen LogP contribution in [-0.2, 0) is 18.3 Å². The van der Waals surface area contributed by atoms with Crippen molar-refractivity contribution in [1.29, 1.82) is 0 Å². The molecule has 0 saturated heterocycles. The van der Waals surface area contributed by atoms with Gasteiger partial charge in [-0.2, -0.15) is 13.2 Å². The predicted octanol–water partition coefficient (Wildman–Crippen LogP) is 5.03. The molecule has 2 aromatic carbocycles. The minimum atomic E-state index is -4.82. The van der Waals surface area contributed by atoms with Gasteiger partial charge in [0.1, 0.15) is 5.75 Å². The molecule has 1 aromatic heterocycles. The fraction of sp³-hybridized carbons (Fsp3) is 0.440. The number of alkyl halides is 3. The van der Waals surface area contributed by atoms with E-state index >= 15 is 0 Å². The molecule has 0 radical (unpaired) electrons. The molecule has 33 heavy (non-hydrogen) atoms. The molecule has 176 valence electrons. The number of hydrogen-bond donors (Lipinski definition) is 1. The highest BCUT2D eigenvalue weighted by Crippen LogP contribution is 2.47. The van der Waals surface area contributed by atoms with Gasteiger partial charge in [0.15, 0.2) is 5.60 Å². The quantitative estimate of drug-likeness (QED) is 0.558. The van der Waals surface area contributed by atoms with Gasteiger partial charge in [0.25, 0.3) is 0 Å². The van der Waals surface area contributed by atoms with Gasteiger partial charge >= 0.3 is 11.8 Å². The second-order valence-electron chi connectivity index (χ2n) is 9.42. The lowest BCUT2D eigenvalue weighted by molar-refractivity contribution is -0.269. The minimum Gasteiger partial charge on any atom is -0.493 e. The maximum atomic E-state index is 14.2. The van der Waals surface area contributed by atoms with Crippen LogP contribution in [0.2, 0.25) is 0 Å². The van der Waals surface area contributed by atoms with Crippen LogP contribution in [0, 0.1) is 6.92 Å². The van der Waals surface area contributed by atoms with Crippen LogP contribution in [0.25, 0.3) is 10.8 Å². The highest BCUT2D eigenvalue weighted by Gasteiger charge is 2.55. The zero-order chi connectivity index (χ0) is 24.0. The van der Waals surface area contributed by atoms with Crippen LogP contribution < -0.4 is 10.4 Å². The van der Waals surface area contributed by atoms with Gasteiger partial charge in [0.2, 0.25) is 0 Å². The zero-order valence-electron chi connectivity index (χ0n) is 18.8. The van der Waals surface area contributed by atoms with Crippen LogP contribution in [0.4, 0.5) is 13.2 Å². The Bertz CT molecular complexity index is 1250. The lowest BCUT2D eigenvalue weighted by Crippen LogP contribution is -2.49. The molecule has 0 saturated carbocycles. The van der Waals surface area contributed by atoms with Crippen LogP contribution >= 0.6 is 0 Å². The number of aliphatic hydroxyl groups is 1. The summed E-state index contributed by atoms with van der Waals surface area (Å²) in [5.74, 6) is 0.628. The summed E-state index contributed by atoms with van der Waals surface area (Å²) in [5, 5.41) is 15.4. The van der Waals surface area contributed by atoms with Gasteiger partial charge in [-0.3, -0.25) is 0 Å². The Labute approximate surface area is 189 Å². The zero-order valence-corrected chi connectivity index (χ0v) is 18.8. The lowest BCUT2D eigenvalue weighted by atomic mass is 9.72. The van der Waals surface area contributed by atoms with Gasteiger partial charge in [-0.15, -0.1) is 0 Å². The van der Waals surface area contributed by atoms with Crippen molar-refractivity contribution >= 4 is 10.8 Å². The average Bonchev–Trinajstić information content (AvgIpc) is 3.22. The highest BCUT2D eigenvalue weighted by atomic mass is 19.4. The van der Waals surface area contributed by atoms with Gasteiger partial charge in [-0.05, 0) is 54.9 Å². The number of ether oxygens (including phenoxy) is 1. The topological polar surface area (TPSA) is 72.6 Å². The van der Waals surface area contributed by atoms with Crippen molar-refractivity contribution in [3.8, 4) is 5.75 Å². The largest absolute Gasteiger partial charge is 0.493 e. The van der Waals surface area contributed by atoms with E-state index in [-0.39, 0.29) is 6.42 Å². The van der Waals surface area contributed by atoms with Crippen LogP contribution in [0.1, 0.15) is 49.1 Å². The fourth-order valence-corrected chi connectivity index (χ4v) is 4.69. The number of benzene rings is 2. The summed E-state index contributed by atoms with van der Waals surface area (Å²) in [5.41, 5.74) is -1.81. The monoisotopic (exact) mass is 461 g/mol. The molecule has 1 unspecified atom stereocenters.